The maximum absolute atomic E-state index is 12.9. The second-order valence-corrected chi connectivity index (χ2v) is 8.37. The molecule has 0 spiro atoms. The summed E-state index contributed by atoms with van der Waals surface area (Å²) in [7, 11) is 0. The molecule has 3 rings (SSSR count). The van der Waals surface area contributed by atoms with Gasteiger partial charge in [-0.05, 0) is 50.0 Å². The normalized spacial score (nSPS) is 15.4. The van der Waals surface area contributed by atoms with E-state index in [2.05, 4.69) is 53.6 Å². The largest absolute Gasteiger partial charge is 0.354 e. The number of benzene rings is 2. The van der Waals surface area contributed by atoms with Crippen molar-refractivity contribution >= 4 is 17.6 Å². The maximum atomic E-state index is 12.9. The predicted octanol–water partition coefficient (Wildman–Crippen LogP) is 4.00. The minimum atomic E-state index is -0.0977. The van der Waals surface area contributed by atoms with Gasteiger partial charge in [-0.2, -0.15) is 0 Å². The molecule has 1 aliphatic heterocycles. The quantitative estimate of drug-likeness (QED) is 0.625. The zero-order valence-electron chi connectivity index (χ0n) is 19.3. The van der Waals surface area contributed by atoms with Crippen molar-refractivity contribution in [2.75, 3.05) is 38.0 Å². The van der Waals surface area contributed by atoms with E-state index in [1.54, 1.807) is 4.90 Å². The number of likely N-dealkylation sites (tertiary alicyclic amines) is 1. The van der Waals surface area contributed by atoms with Crippen LogP contribution >= 0.6 is 0 Å². The Morgan fingerprint density at radius 1 is 0.969 bits per heavy atom. The molecule has 0 saturated carbocycles. The lowest BCUT2D eigenvalue weighted by molar-refractivity contribution is -0.126. The van der Waals surface area contributed by atoms with E-state index < -0.39 is 0 Å². The molecule has 0 aliphatic carbocycles. The first-order valence-corrected chi connectivity index (χ1v) is 11.8. The summed E-state index contributed by atoms with van der Waals surface area (Å²) in [6.07, 6.45) is 2.31. The molecule has 6 nitrogen and oxygen atoms in total. The van der Waals surface area contributed by atoms with Crippen molar-refractivity contribution in [3.8, 4) is 0 Å². The van der Waals surface area contributed by atoms with Gasteiger partial charge in [0.2, 0.25) is 5.91 Å². The number of carbonyl (C=O) groups is 2. The number of rotatable bonds is 9. The number of piperidine rings is 1. The lowest BCUT2D eigenvalue weighted by atomic mass is 9.95. The summed E-state index contributed by atoms with van der Waals surface area (Å²) in [5, 5.41) is 6.13. The Kier molecular flexibility index (Phi) is 9.11. The van der Waals surface area contributed by atoms with E-state index in [0.717, 1.165) is 25.2 Å². The van der Waals surface area contributed by atoms with E-state index in [-0.39, 0.29) is 23.9 Å². The number of para-hydroxylation sites is 1. The Bertz CT molecular complexity index is 831. The highest BCUT2D eigenvalue weighted by Crippen LogP contribution is 2.19. The van der Waals surface area contributed by atoms with E-state index in [1.165, 1.54) is 5.56 Å². The van der Waals surface area contributed by atoms with Crippen LogP contribution in [0.4, 0.5) is 10.5 Å². The van der Waals surface area contributed by atoms with Crippen LogP contribution in [0.2, 0.25) is 0 Å². The van der Waals surface area contributed by atoms with Crippen molar-refractivity contribution in [3.63, 3.8) is 0 Å². The molecule has 1 heterocycles. The molecular weight excluding hydrogens is 400 g/mol. The summed E-state index contributed by atoms with van der Waals surface area (Å²) in [6.45, 7) is 8.08. The molecule has 1 saturated heterocycles. The molecular formula is C26H36N4O2. The van der Waals surface area contributed by atoms with E-state index in [0.29, 0.717) is 32.5 Å². The number of nitrogens with zero attached hydrogens (tertiary/aromatic N) is 2. The molecule has 0 aromatic heterocycles. The van der Waals surface area contributed by atoms with E-state index in [1.807, 2.05) is 36.4 Å². The average Bonchev–Trinajstić information content (AvgIpc) is 2.84. The molecule has 0 radical (unpaired) electrons. The van der Waals surface area contributed by atoms with Crippen molar-refractivity contribution in [1.82, 2.24) is 15.1 Å². The van der Waals surface area contributed by atoms with Gasteiger partial charge in [-0.25, -0.2) is 4.79 Å². The van der Waals surface area contributed by atoms with Gasteiger partial charge in [-0.1, -0.05) is 62.4 Å². The smallest absolute Gasteiger partial charge is 0.321 e. The molecule has 2 aromatic rings. The Labute approximate surface area is 192 Å². The highest BCUT2D eigenvalue weighted by molar-refractivity contribution is 5.89. The number of hydrogen-bond acceptors (Lipinski definition) is 3. The molecule has 1 fully saturated rings. The first-order chi connectivity index (χ1) is 15.6. The lowest BCUT2D eigenvalue weighted by Crippen LogP contribution is -2.48. The Balaban J connectivity index is 1.48. The van der Waals surface area contributed by atoms with Gasteiger partial charge in [-0.3, -0.25) is 9.69 Å². The maximum Gasteiger partial charge on any atom is 0.321 e. The number of nitrogens with one attached hydrogen (secondary N) is 2. The SMILES string of the molecule is CCN(CC)C(CNC(=O)C1CCN(C(=O)Nc2ccccc2)CC1)Cc1ccccc1. The van der Waals surface area contributed by atoms with Crippen molar-refractivity contribution in [2.24, 2.45) is 5.92 Å². The van der Waals surface area contributed by atoms with Crippen LogP contribution in [0, 0.1) is 5.92 Å². The summed E-state index contributed by atoms with van der Waals surface area (Å²) in [6, 6.07) is 20.1. The average molecular weight is 437 g/mol. The van der Waals surface area contributed by atoms with Crippen LogP contribution in [0.3, 0.4) is 0 Å². The van der Waals surface area contributed by atoms with Crippen LogP contribution in [0.25, 0.3) is 0 Å². The van der Waals surface area contributed by atoms with Gasteiger partial charge in [0.25, 0.3) is 0 Å². The fraction of sp³-hybridized carbons (Fsp3) is 0.462. The summed E-state index contributed by atoms with van der Waals surface area (Å²) >= 11 is 0. The summed E-state index contributed by atoms with van der Waals surface area (Å²) in [5.74, 6) is 0.0724. The molecule has 2 N–H and O–H groups in total. The lowest BCUT2D eigenvalue weighted by Gasteiger charge is -2.33. The number of anilines is 1. The molecule has 32 heavy (non-hydrogen) atoms. The number of hydrogen-bond donors (Lipinski definition) is 2. The summed E-state index contributed by atoms with van der Waals surface area (Å²) in [5.41, 5.74) is 2.08. The minimum Gasteiger partial charge on any atom is -0.354 e. The number of urea groups is 1. The third kappa shape index (κ3) is 6.82. The fourth-order valence-corrected chi connectivity index (χ4v) is 4.39. The third-order valence-electron chi connectivity index (χ3n) is 6.33. The van der Waals surface area contributed by atoms with Gasteiger partial charge in [0.15, 0.2) is 0 Å². The van der Waals surface area contributed by atoms with Gasteiger partial charge < -0.3 is 15.5 Å². The number of carbonyl (C=O) groups excluding carboxylic acids is 2. The van der Waals surface area contributed by atoms with Gasteiger partial charge in [0.1, 0.15) is 0 Å². The van der Waals surface area contributed by atoms with Crippen molar-refractivity contribution in [3.05, 3.63) is 66.2 Å². The van der Waals surface area contributed by atoms with Crippen molar-refractivity contribution in [2.45, 2.75) is 39.2 Å². The van der Waals surface area contributed by atoms with Crippen molar-refractivity contribution in [1.29, 1.82) is 0 Å². The zero-order valence-corrected chi connectivity index (χ0v) is 19.3. The highest BCUT2D eigenvalue weighted by atomic mass is 16.2. The molecule has 172 valence electrons. The topological polar surface area (TPSA) is 64.7 Å². The second-order valence-electron chi connectivity index (χ2n) is 8.37. The predicted molar refractivity (Wildman–Crippen MR) is 130 cm³/mol. The number of amides is 3. The van der Waals surface area contributed by atoms with Crippen LogP contribution in [0.1, 0.15) is 32.3 Å². The third-order valence-corrected chi connectivity index (χ3v) is 6.33. The van der Waals surface area contributed by atoms with Crippen LogP contribution in [-0.2, 0) is 11.2 Å². The van der Waals surface area contributed by atoms with Crippen molar-refractivity contribution < 1.29 is 9.59 Å². The van der Waals surface area contributed by atoms with Gasteiger partial charge in [0, 0.05) is 37.3 Å². The molecule has 0 bridgehead atoms. The first-order valence-electron chi connectivity index (χ1n) is 11.8. The van der Waals surface area contributed by atoms with Crippen LogP contribution < -0.4 is 10.6 Å². The molecule has 1 aliphatic rings. The fourth-order valence-electron chi connectivity index (χ4n) is 4.39. The molecule has 1 atom stereocenters. The van der Waals surface area contributed by atoms with Gasteiger partial charge in [-0.15, -0.1) is 0 Å². The number of likely N-dealkylation sites (N-methyl/N-ethyl adjacent to an activating group) is 1. The Morgan fingerprint density at radius 2 is 1.56 bits per heavy atom. The molecule has 6 heteroatoms. The molecule has 2 aromatic carbocycles. The van der Waals surface area contributed by atoms with E-state index >= 15 is 0 Å². The van der Waals surface area contributed by atoms with E-state index in [4.69, 9.17) is 0 Å². The standard InChI is InChI=1S/C26H36N4O2/c1-3-29(4-2)24(19-21-11-7-5-8-12-21)20-27-25(31)22-15-17-30(18-16-22)26(32)28-23-13-9-6-10-14-23/h5-14,22,24H,3-4,15-20H2,1-2H3,(H,27,31)(H,28,32). The summed E-state index contributed by atoms with van der Waals surface area (Å²) < 4.78 is 0. The van der Waals surface area contributed by atoms with Gasteiger partial charge >= 0.3 is 6.03 Å². The van der Waals surface area contributed by atoms with Crippen LogP contribution in [0.5, 0.6) is 0 Å². The minimum absolute atomic E-state index is 0.0372. The summed E-state index contributed by atoms with van der Waals surface area (Å²) in [4.78, 5) is 29.6. The Morgan fingerprint density at radius 3 is 2.16 bits per heavy atom. The van der Waals surface area contributed by atoms with E-state index in [9.17, 15) is 9.59 Å². The zero-order chi connectivity index (χ0) is 22.8. The Hall–Kier alpha value is -2.86. The highest BCUT2D eigenvalue weighted by Gasteiger charge is 2.28. The second kappa shape index (κ2) is 12.2. The molecule has 1 unspecified atom stereocenters. The van der Waals surface area contributed by atoms with Crippen LogP contribution in [-0.4, -0.2) is 60.5 Å². The van der Waals surface area contributed by atoms with Gasteiger partial charge in [0.05, 0.1) is 0 Å². The monoisotopic (exact) mass is 436 g/mol. The first kappa shape index (κ1) is 23.8. The van der Waals surface area contributed by atoms with Crippen LogP contribution in [0.15, 0.2) is 60.7 Å². The molecule has 3 amide bonds.